The Morgan fingerprint density at radius 1 is 1.25 bits per heavy atom. The summed E-state index contributed by atoms with van der Waals surface area (Å²) in [6, 6.07) is 0. The Labute approximate surface area is 96.2 Å². The summed E-state index contributed by atoms with van der Waals surface area (Å²) in [5, 5.41) is 0. The SMILES string of the molecule is COC(=O)C1(OC2CCCCO2)CCCC1. The van der Waals surface area contributed by atoms with Crippen LogP contribution in [0.5, 0.6) is 0 Å². The van der Waals surface area contributed by atoms with Gasteiger partial charge in [0.05, 0.1) is 7.11 Å². The van der Waals surface area contributed by atoms with E-state index in [4.69, 9.17) is 14.2 Å². The zero-order valence-electron chi connectivity index (χ0n) is 9.87. The molecule has 1 atom stereocenters. The predicted octanol–water partition coefficient (Wildman–Crippen LogP) is 2.02. The first-order valence-corrected chi connectivity index (χ1v) is 6.15. The van der Waals surface area contributed by atoms with Gasteiger partial charge >= 0.3 is 5.97 Å². The second kappa shape index (κ2) is 5.15. The monoisotopic (exact) mass is 228 g/mol. The van der Waals surface area contributed by atoms with Crippen molar-refractivity contribution < 1.29 is 19.0 Å². The van der Waals surface area contributed by atoms with Gasteiger partial charge in [0.25, 0.3) is 0 Å². The minimum atomic E-state index is -0.725. The lowest BCUT2D eigenvalue weighted by Crippen LogP contribution is -2.44. The molecule has 1 saturated heterocycles. The van der Waals surface area contributed by atoms with E-state index in [0.717, 1.165) is 51.6 Å². The molecule has 16 heavy (non-hydrogen) atoms. The highest BCUT2D eigenvalue weighted by atomic mass is 16.7. The van der Waals surface area contributed by atoms with E-state index in [0.29, 0.717) is 0 Å². The Bertz CT molecular complexity index is 239. The number of ether oxygens (including phenoxy) is 3. The van der Waals surface area contributed by atoms with Crippen LogP contribution in [0.15, 0.2) is 0 Å². The summed E-state index contributed by atoms with van der Waals surface area (Å²) in [6.45, 7) is 0.738. The molecule has 0 N–H and O–H groups in total. The van der Waals surface area contributed by atoms with Gasteiger partial charge in [0.1, 0.15) is 0 Å². The summed E-state index contributed by atoms with van der Waals surface area (Å²) in [6.07, 6.45) is 6.46. The lowest BCUT2D eigenvalue weighted by molar-refractivity contribution is -0.232. The number of methoxy groups -OCH3 is 1. The van der Waals surface area contributed by atoms with Gasteiger partial charge < -0.3 is 14.2 Å². The molecule has 0 bridgehead atoms. The molecule has 1 aliphatic carbocycles. The van der Waals surface area contributed by atoms with Crippen LogP contribution in [-0.2, 0) is 19.0 Å². The van der Waals surface area contributed by atoms with Crippen molar-refractivity contribution in [3.63, 3.8) is 0 Å². The van der Waals surface area contributed by atoms with Gasteiger partial charge in [0, 0.05) is 6.61 Å². The minimum absolute atomic E-state index is 0.217. The van der Waals surface area contributed by atoms with Crippen LogP contribution in [0.25, 0.3) is 0 Å². The van der Waals surface area contributed by atoms with Crippen molar-refractivity contribution in [2.45, 2.75) is 56.8 Å². The van der Waals surface area contributed by atoms with Crippen molar-refractivity contribution >= 4 is 5.97 Å². The standard InChI is InChI=1S/C12H20O4/c1-14-11(13)12(7-3-4-8-12)16-10-6-2-5-9-15-10/h10H,2-9H2,1H3. The van der Waals surface area contributed by atoms with Crippen LogP contribution in [0, 0.1) is 0 Å². The Balaban J connectivity index is 1.98. The molecule has 0 amide bonds. The topological polar surface area (TPSA) is 44.8 Å². The number of rotatable bonds is 3. The van der Waals surface area contributed by atoms with Gasteiger partial charge in [-0.1, -0.05) is 0 Å². The molecule has 0 aromatic heterocycles. The Morgan fingerprint density at radius 3 is 2.56 bits per heavy atom. The summed E-state index contributed by atoms with van der Waals surface area (Å²) in [5.74, 6) is -0.237. The van der Waals surface area contributed by atoms with Gasteiger partial charge in [-0.25, -0.2) is 4.79 Å². The molecular formula is C12H20O4. The fourth-order valence-electron chi connectivity index (χ4n) is 2.56. The lowest BCUT2D eigenvalue weighted by Gasteiger charge is -2.33. The first-order valence-electron chi connectivity index (χ1n) is 6.15. The first kappa shape index (κ1) is 11.9. The largest absolute Gasteiger partial charge is 0.467 e. The van der Waals surface area contributed by atoms with E-state index in [9.17, 15) is 4.79 Å². The molecule has 0 aromatic rings. The Kier molecular flexibility index (Phi) is 3.82. The van der Waals surface area contributed by atoms with E-state index >= 15 is 0 Å². The molecule has 2 rings (SSSR count). The molecule has 1 heterocycles. The van der Waals surface area contributed by atoms with E-state index in [-0.39, 0.29) is 12.3 Å². The third-order valence-corrected chi connectivity index (χ3v) is 3.46. The Morgan fingerprint density at radius 2 is 2.00 bits per heavy atom. The quantitative estimate of drug-likeness (QED) is 0.693. The molecular weight excluding hydrogens is 208 g/mol. The van der Waals surface area contributed by atoms with Crippen LogP contribution < -0.4 is 0 Å². The zero-order chi connectivity index (χ0) is 11.4. The van der Waals surface area contributed by atoms with Gasteiger partial charge in [-0.15, -0.1) is 0 Å². The Hall–Kier alpha value is -0.610. The number of esters is 1. The van der Waals surface area contributed by atoms with Crippen LogP contribution in [0.3, 0.4) is 0 Å². The highest BCUT2D eigenvalue weighted by Crippen LogP contribution is 2.36. The molecule has 0 radical (unpaired) electrons. The van der Waals surface area contributed by atoms with Crippen LogP contribution in [0.1, 0.15) is 44.9 Å². The number of carbonyl (C=O) groups excluding carboxylic acids is 1. The molecule has 1 saturated carbocycles. The molecule has 1 aliphatic heterocycles. The average molecular weight is 228 g/mol. The van der Waals surface area contributed by atoms with Gasteiger partial charge in [0.2, 0.25) is 0 Å². The second-order valence-electron chi connectivity index (χ2n) is 4.61. The van der Waals surface area contributed by atoms with Crippen LogP contribution >= 0.6 is 0 Å². The third-order valence-electron chi connectivity index (χ3n) is 3.46. The molecule has 1 unspecified atom stereocenters. The van der Waals surface area contributed by atoms with Gasteiger partial charge in [-0.05, 0) is 44.9 Å². The minimum Gasteiger partial charge on any atom is -0.467 e. The molecule has 4 nitrogen and oxygen atoms in total. The summed E-state index contributed by atoms with van der Waals surface area (Å²) in [7, 11) is 1.42. The van der Waals surface area contributed by atoms with E-state index in [2.05, 4.69) is 0 Å². The molecule has 0 aromatic carbocycles. The maximum atomic E-state index is 11.8. The molecule has 92 valence electrons. The lowest BCUT2D eigenvalue weighted by atomic mass is 10.0. The normalized spacial score (nSPS) is 28.9. The average Bonchev–Trinajstić information content (AvgIpc) is 2.79. The first-order chi connectivity index (χ1) is 7.77. The third kappa shape index (κ3) is 2.38. The predicted molar refractivity (Wildman–Crippen MR) is 57.9 cm³/mol. The maximum Gasteiger partial charge on any atom is 0.338 e. The molecule has 4 heteroatoms. The van der Waals surface area contributed by atoms with Gasteiger partial charge in [0.15, 0.2) is 11.9 Å². The van der Waals surface area contributed by atoms with Crippen LogP contribution in [0.4, 0.5) is 0 Å². The fraction of sp³-hybridized carbons (Fsp3) is 0.917. The van der Waals surface area contributed by atoms with Crippen LogP contribution in [-0.4, -0.2) is 31.6 Å². The molecule has 0 spiro atoms. The van der Waals surface area contributed by atoms with E-state index < -0.39 is 5.60 Å². The van der Waals surface area contributed by atoms with E-state index in [1.165, 1.54) is 7.11 Å². The smallest absolute Gasteiger partial charge is 0.338 e. The summed E-state index contributed by atoms with van der Waals surface area (Å²) >= 11 is 0. The second-order valence-corrected chi connectivity index (χ2v) is 4.61. The number of hydrogen-bond donors (Lipinski definition) is 0. The van der Waals surface area contributed by atoms with E-state index in [1.54, 1.807) is 0 Å². The van der Waals surface area contributed by atoms with Crippen molar-refractivity contribution in [1.82, 2.24) is 0 Å². The number of carbonyl (C=O) groups is 1. The highest BCUT2D eigenvalue weighted by molar-refractivity contribution is 5.79. The molecule has 2 aliphatic rings. The van der Waals surface area contributed by atoms with E-state index in [1.807, 2.05) is 0 Å². The summed E-state index contributed by atoms with van der Waals surface area (Å²) < 4.78 is 16.3. The van der Waals surface area contributed by atoms with Crippen molar-refractivity contribution in [1.29, 1.82) is 0 Å². The highest BCUT2D eigenvalue weighted by Gasteiger charge is 2.45. The van der Waals surface area contributed by atoms with Gasteiger partial charge in [-0.3, -0.25) is 0 Å². The fourth-order valence-corrected chi connectivity index (χ4v) is 2.56. The van der Waals surface area contributed by atoms with Gasteiger partial charge in [-0.2, -0.15) is 0 Å². The summed E-state index contributed by atoms with van der Waals surface area (Å²) in [5.41, 5.74) is -0.725. The maximum absolute atomic E-state index is 11.8. The van der Waals surface area contributed by atoms with Crippen molar-refractivity contribution in [2.75, 3.05) is 13.7 Å². The van der Waals surface area contributed by atoms with Crippen molar-refractivity contribution in [3.05, 3.63) is 0 Å². The van der Waals surface area contributed by atoms with Crippen LogP contribution in [0.2, 0.25) is 0 Å². The van der Waals surface area contributed by atoms with Crippen molar-refractivity contribution in [3.8, 4) is 0 Å². The zero-order valence-corrected chi connectivity index (χ0v) is 9.87. The van der Waals surface area contributed by atoms with Crippen molar-refractivity contribution in [2.24, 2.45) is 0 Å². The molecule has 2 fully saturated rings. The number of hydrogen-bond acceptors (Lipinski definition) is 4. The summed E-state index contributed by atoms with van der Waals surface area (Å²) in [4.78, 5) is 11.8.